The molecule has 6 aromatic carbocycles. The molecule has 0 aliphatic carbocycles. The highest BCUT2D eigenvalue weighted by Crippen LogP contribution is 2.44. The van der Waals surface area contributed by atoms with Crippen LogP contribution in [0.25, 0.3) is 70.8 Å². The zero-order chi connectivity index (χ0) is 28.0. The average molecular weight is 532 g/mol. The van der Waals surface area contributed by atoms with Crippen LogP contribution < -0.4 is 4.74 Å². The van der Waals surface area contributed by atoms with E-state index in [4.69, 9.17) is 4.74 Å². The van der Waals surface area contributed by atoms with Gasteiger partial charge in [-0.15, -0.1) is 0 Å². The summed E-state index contributed by atoms with van der Waals surface area (Å²) >= 11 is 0. The molecule has 0 saturated heterocycles. The molecule has 0 aliphatic rings. The summed E-state index contributed by atoms with van der Waals surface area (Å²) in [6.45, 7) is 9.07. The molecular weight excluding hydrogens is 498 g/mol. The van der Waals surface area contributed by atoms with E-state index in [0.29, 0.717) is 11.8 Å². The lowest BCUT2D eigenvalue weighted by atomic mass is 9.95. The number of aromatic nitrogens is 1. The molecule has 0 aliphatic heterocycles. The van der Waals surface area contributed by atoms with Gasteiger partial charge < -0.3 is 9.14 Å². The van der Waals surface area contributed by atoms with Gasteiger partial charge in [0.05, 0.1) is 23.7 Å². The van der Waals surface area contributed by atoms with Crippen molar-refractivity contribution in [2.75, 3.05) is 7.11 Å². The molecule has 41 heavy (non-hydrogen) atoms. The van der Waals surface area contributed by atoms with Crippen LogP contribution in [0.5, 0.6) is 5.75 Å². The largest absolute Gasteiger partial charge is 0.497 e. The first-order valence-electron chi connectivity index (χ1n) is 14.7. The Labute approximate surface area is 240 Å². The third kappa shape index (κ3) is 3.56. The lowest BCUT2D eigenvalue weighted by Gasteiger charge is -2.09. The van der Waals surface area contributed by atoms with E-state index < -0.39 is 0 Å². The molecule has 0 bridgehead atoms. The average Bonchev–Trinajstić information content (AvgIpc) is 3.48. The van der Waals surface area contributed by atoms with Gasteiger partial charge in [-0.2, -0.15) is 0 Å². The third-order valence-corrected chi connectivity index (χ3v) is 9.11. The van der Waals surface area contributed by atoms with Crippen molar-refractivity contribution in [3.05, 3.63) is 108 Å². The van der Waals surface area contributed by atoms with Gasteiger partial charge in [0, 0.05) is 21.5 Å². The summed E-state index contributed by atoms with van der Waals surface area (Å²) in [6.07, 6.45) is 0. The van der Waals surface area contributed by atoms with Gasteiger partial charge in [0.2, 0.25) is 0 Å². The summed E-state index contributed by atoms with van der Waals surface area (Å²) in [5.74, 6) is 1.88. The Balaban J connectivity index is 1.52. The molecule has 2 aromatic heterocycles. The van der Waals surface area contributed by atoms with Crippen molar-refractivity contribution in [3.63, 3.8) is 0 Å². The van der Waals surface area contributed by atoms with Crippen molar-refractivity contribution >= 4 is 59.6 Å². The van der Waals surface area contributed by atoms with Gasteiger partial charge in [0.25, 0.3) is 0 Å². The fourth-order valence-electron chi connectivity index (χ4n) is 6.73. The van der Waals surface area contributed by atoms with E-state index in [1.54, 1.807) is 7.11 Å². The number of methoxy groups -OCH3 is 1. The van der Waals surface area contributed by atoms with Gasteiger partial charge in [0.15, 0.2) is 0 Å². The Hall–Kier alpha value is -4.56. The Morgan fingerprint density at radius 3 is 1.46 bits per heavy atom. The minimum Gasteiger partial charge on any atom is -0.497 e. The van der Waals surface area contributed by atoms with Crippen molar-refractivity contribution in [1.82, 2.24) is 4.40 Å². The standard InChI is InChI=1S/C39H33NO/c1-22(2)25-6-8-27-20-37-33(16-29(27)14-25)35-18-31(24-10-12-32(41-5)13-11-24)19-36-34-17-30-15-26(23(3)4)7-9-28(30)21-38(34)40(37)39(35)36/h6-23H,1-5H3. The van der Waals surface area contributed by atoms with E-state index in [0.717, 1.165) is 5.75 Å². The zero-order valence-electron chi connectivity index (χ0n) is 24.2. The van der Waals surface area contributed by atoms with Gasteiger partial charge in [-0.05, 0) is 104 Å². The SMILES string of the molecule is COc1ccc(-c2cc3c4cc5cc(C(C)C)ccc5cc4n4c5cc6ccc(C(C)C)cc6cc5c(c2)c34)cc1. The molecule has 200 valence electrons. The minimum absolute atomic E-state index is 0.500. The van der Waals surface area contributed by atoms with Gasteiger partial charge in [-0.3, -0.25) is 0 Å². The first-order valence-corrected chi connectivity index (χ1v) is 14.7. The summed E-state index contributed by atoms with van der Waals surface area (Å²) in [7, 11) is 1.72. The quantitative estimate of drug-likeness (QED) is 0.220. The predicted octanol–water partition coefficient (Wildman–Crippen LogP) is 11.1. The highest BCUT2D eigenvalue weighted by atomic mass is 16.5. The smallest absolute Gasteiger partial charge is 0.118 e. The van der Waals surface area contributed by atoms with E-state index >= 15 is 0 Å². The van der Waals surface area contributed by atoms with Crippen molar-refractivity contribution in [2.45, 2.75) is 39.5 Å². The monoisotopic (exact) mass is 531 g/mol. The van der Waals surface area contributed by atoms with Crippen LogP contribution in [0.1, 0.15) is 50.7 Å². The molecule has 0 atom stereocenters. The van der Waals surface area contributed by atoms with Crippen molar-refractivity contribution in [3.8, 4) is 16.9 Å². The van der Waals surface area contributed by atoms with E-state index in [2.05, 4.69) is 129 Å². The van der Waals surface area contributed by atoms with Crippen LogP contribution in [0, 0.1) is 0 Å². The predicted molar refractivity (Wildman–Crippen MR) is 176 cm³/mol. The first kappa shape index (κ1) is 24.3. The third-order valence-electron chi connectivity index (χ3n) is 9.11. The Bertz CT molecular complexity index is 2150. The zero-order valence-corrected chi connectivity index (χ0v) is 24.2. The fraction of sp³-hybridized carbons (Fsp3) is 0.179. The first-order chi connectivity index (χ1) is 19.9. The maximum absolute atomic E-state index is 5.45. The number of fused-ring (bicyclic) bond motifs is 8. The van der Waals surface area contributed by atoms with Crippen LogP contribution in [0.2, 0.25) is 0 Å². The second kappa shape index (κ2) is 8.72. The highest BCUT2D eigenvalue weighted by molar-refractivity contribution is 6.27. The van der Waals surface area contributed by atoms with Crippen LogP contribution in [0.4, 0.5) is 0 Å². The molecule has 0 saturated carbocycles. The number of benzene rings is 6. The van der Waals surface area contributed by atoms with Crippen LogP contribution in [-0.4, -0.2) is 11.5 Å². The second-order valence-corrected chi connectivity index (χ2v) is 12.2. The number of hydrogen-bond donors (Lipinski definition) is 0. The summed E-state index contributed by atoms with van der Waals surface area (Å²) in [5.41, 5.74) is 9.05. The molecule has 0 radical (unpaired) electrons. The van der Waals surface area contributed by atoms with E-state index in [1.807, 2.05) is 0 Å². The number of ether oxygens (including phenoxy) is 1. The molecule has 2 heterocycles. The number of rotatable bonds is 4. The topological polar surface area (TPSA) is 13.6 Å². The van der Waals surface area contributed by atoms with Gasteiger partial charge >= 0.3 is 0 Å². The summed E-state index contributed by atoms with van der Waals surface area (Å²) in [4.78, 5) is 0. The molecule has 8 aromatic rings. The van der Waals surface area contributed by atoms with Crippen LogP contribution >= 0.6 is 0 Å². The molecule has 2 nitrogen and oxygen atoms in total. The van der Waals surface area contributed by atoms with Gasteiger partial charge in [-0.1, -0.05) is 76.2 Å². The number of hydrogen-bond acceptors (Lipinski definition) is 1. The van der Waals surface area contributed by atoms with Gasteiger partial charge in [-0.25, -0.2) is 0 Å². The lowest BCUT2D eigenvalue weighted by molar-refractivity contribution is 0.415. The van der Waals surface area contributed by atoms with Crippen LogP contribution in [-0.2, 0) is 0 Å². The summed E-state index contributed by atoms with van der Waals surface area (Å²) in [5, 5.41) is 10.4. The summed E-state index contributed by atoms with van der Waals surface area (Å²) < 4.78 is 7.96. The molecule has 0 fully saturated rings. The lowest BCUT2D eigenvalue weighted by Crippen LogP contribution is -1.88. The number of nitrogens with zero attached hydrogens (tertiary/aromatic N) is 1. The van der Waals surface area contributed by atoms with Crippen LogP contribution in [0.3, 0.4) is 0 Å². The molecule has 8 rings (SSSR count). The van der Waals surface area contributed by atoms with E-state index in [-0.39, 0.29) is 0 Å². The Kier molecular flexibility index (Phi) is 5.16. The van der Waals surface area contributed by atoms with E-state index in [9.17, 15) is 0 Å². The fourth-order valence-corrected chi connectivity index (χ4v) is 6.73. The maximum atomic E-state index is 5.45. The van der Waals surface area contributed by atoms with Crippen molar-refractivity contribution in [2.24, 2.45) is 0 Å². The minimum atomic E-state index is 0.500. The highest BCUT2D eigenvalue weighted by Gasteiger charge is 2.20. The maximum Gasteiger partial charge on any atom is 0.118 e. The second-order valence-electron chi connectivity index (χ2n) is 12.2. The van der Waals surface area contributed by atoms with Crippen molar-refractivity contribution in [1.29, 1.82) is 0 Å². The summed E-state index contributed by atoms with van der Waals surface area (Å²) in [6, 6.07) is 36.7. The molecule has 0 amide bonds. The van der Waals surface area contributed by atoms with Crippen LogP contribution in [0.15, 0.2) is 97.1 Å². The van der Waals surface area contributed by atoms with Gasteiger partial charge in [0.1, 0.15) is 5.75 Å². The molecule has 2 heteroatoms. The van der Waals surface area contributed by atoms with Crippen molar-refractivity contribution < 1.29 is 4.74 Å². The molecule has 0 unspecified atom stereocenters. The molecule has 0 N–H and O–H groups in total. The Morgan fingerprint density at radius 1 is 0.488 bits per heavy atom. The Morgan fingerprint density at radius 2 is 1.00 bits per heavy atom. The van der Waals surface area contributed by atoms with E-state index in [1.165, 1.54) is 81.9 Å². The normalized spacial score (nSPS) is 12.5. The molecule has 0 spiro atoms. The molecular formula is C39H33NO.